The highest BCUT2D eigenvalue weighted by Gasteiger charge is 2.09. The fourth-order valence-corrected chi connectivity index (χ4v) is 1.20. The molecule has 0 unspecified atom stereocenters. The molecule has 6 nitrogen and oxygen atoms in total. The zero-order chi connectivity index (χ0) is 12.8. The number of aryl methyl sites for hydroxylation is 2. The Bertz CT molecular complexity index is 395. The topological polar surface area (TPSA) is 68.2 Å². The Hall–Kier alpha value is -1.72. The molecule has 1 aromatic rings. The summed E-state index contributed by atoms with van der Waals surface area (Å²) in [4.78, 5) is 17.3. The molecule has 1 aromatic heterocycles. The summed E-state index contributed by atoms with van der Waals surface area (Å²) >= 11 is 0. The van der Waals surface area contributed by atoms with Gasteiger partial charge in [-0.25, -0.2) is 4.98 Å². The van der Waals surface area contributed by atoms with Crippen molar-refractivity contribution in [2.24, 2.45) is 0 Å². The lowest BCUT2D eigenvalue weighted by molar-refractivity contribution is -0.142. The predicted octanol–water partition coefficient (Wildman–Crippen LogP) is 0.878. The van der Waals surface area contributed by atoms with Gasteiger partial charge in [-0.2, -0.15) is 5.10 Å². The summed E-state index contributed by atoms with van der Waals surface area (Å²) in [6.07, 6.45) is 0.320. The zero-order valence-electron chi connectivity index (χ0n) is 10.7. The quantitative estimate of drug-likeness (QED) is 0.709. The molecule has 1 rings (SSSR count). The minimum Gasteiger partial charge on any atom is -0.466 e. The van der Waals surface area contributed by atoms with E-state index in [1.165, 1.54) is 0 Å². The van der Waals surface area contributed by atoms with Crippen molar-refractivity contribution < 1.29 is 9.53 Å². The van der Waals surface area contributed by atoms with Crippen molar-refractivity contribution in [2.45, 2.75) is 27.2 Å². The predicted molar refractivity (Wildman–Crippen MR) is 63.8 cm³/mol. The Labute approximate surface area is 101 Å². The molecule has 1 heterocycles. The van der Waals surface area contributed by atoms with Gasteiger partial charge in [0.15, 0.2) is 0 Å². The van der Waals surface area contributed by atoms with Crippen molar-refractivity contribution >= 4 is 11.9 Å². The summed E-state index contributed by atoms with van der Waals surface area (Å²) < 4.78 is 4.85. The number of aromatic nitrogens is 3. The van der Waals surface area contributed by atoms with Crippen molar-refractivity contribution in [2.75, 3.05) is 25.1 Å². The van der Waals surface area contributed by atoms with Crippen LogP contribution < -0.4 is 4.90 Å². The maximum Gasteiger partial charge on any atom is 0.307 e. The third-order valence-electron chi connectivity index (χ3n) is 2.38. The minimum absolute atomic E-state index is 0.212. The van der Waals surface area contributed by atoms with Gasteiger partial charge in [-0.1, -0.05) is 0 Å². The number of carbonyl (C=O) groups is 1. The highest BCUT2D eigenvalue weighted by molar-refractivity contribution is 5.69. The number of carbonyl (C=O) groups excluding carboxylic acids is 1. The molecule has 17 heavy (non-hydrogen) atoms. The summed E-state index contributed by atoms with van der Waals surface area (Å²) in [5.41, 5.74) is 1.66. The molecule has 0 saturated heterocycles. The molecule has 0 amide bonds. The van der Waals surface area contributed by atoms with Crippen LogP contribution in [0.1, 0.15) is 24.7 Å². The van der Waals surface area contributed by atoms with Gasteiger partial charge in [-0.15, -0.1) is 5.10 Å². The van der Waals surface area contributed by atoms with Crippen LogP contribution in [0.15, 0.2) is 0 Å². The van der Waals surface area contributed by atoms with Crippen LogP contribution in [0.5, 0.6) is 0 Å². The SMILES string of the molecule is CCOC(=O)CCN(C)c1nnc(C)c(C)n1. The third kappa shape index (κ3) is 3.97. The Balaban J connectivity index is 2.54. The van der Waals surface area contributed by atoms with Crippen molar-refractivity contribution in [3.05, 3.63) is 11.4 Å². The lowest BCUT2D eigenvalue weighted by Gasteiger charge is -2.16. The Kier molecular flexibility index (Phi) is 4.81. The normalized spacial score (nSPS) is 10.1. The number of anilines is 1. The molecule has 0 aliphatic heterocycles. The van der Waals surface area contributed by atoms with Gasteiger partial charge in [0.25, 0.3) is 0 Å². The average Bonchev–Trinajstić information content (AvgIpc) is 2.30. The van der Waals surface area contributed by atoms with E-state index < -0.39 is 0 Å². The van der Waals surface area contributed by atoms with Gasteiger partial charge in [0.2, 0.25) is 5.95 Å². The fraction of sp³-hybridized carbons (Fsp3) is 0.636. The first-order valence-electron chi connectivity index (χ1n) is 5.59. The van der Waals surface area contributed by atoms with Crippen LogP contribution in [0.2, 0.25) is 0 Å². The molecule has 0 fully saturated rings. The highest BCUT2D eigenvalue weighted by atomic mass is 16.5. The summed E-state index contributed by atoms with van der Waals surface area (Å²) in [5, 5.41) is 7.97. The first kappa shape index (κ1) is 13.3. The zero-order valence-corrected chi connectivity index (χ0v) is 10.7. The molecule has 0 radical (unpaired) electrons. The van der Waals surface area contributed by atoms with E-state index in [0.717, 1.165) is 11.4 Å². The average molecular weight is 238 g/mol. The first-order valence-corrected chi connectivity index (χ1v) is 5.59. The van der Waals surface area contributed by atoms with Crippen LogP contribution >= 0.6 is 0 Å². The number of hydrogen-bond acceptors (Lipinski definition) is 6. The van der Waals surface area contributed by atoms with Gasteiger partial charge >= 0.3 is 5.97 Å². The third-order valence-corrected chi connectivity index (χ3v) is 2.38. The number of esters is 1. The largest absolute Gasteiger partial charge is 0.466 e. The van der Waals surface area contributed by atoms with Crippen molar-refractivity contribution in [1.29, 1.82) is 0 Å². The molecule has 0 N–H and O–H groups in total. The second kappa shape index (κ2) is 6.12. The van der Waals surface area contributed by atoms with Crippen molar-refractivity contribution in [1.82, 2.24) is 15.2 Å². The Morgan fingerprint density at radius 3 is 2.59 bits per heavy atom. The lowest BCUT2D eigenvalue weighted by Crippen LogP contribution is -2.24. The van der Waals surface area contributed by atoms with Gasteiger partial charge in [0.05, 0.1) is 24.4 Å². The van der Waals surface area contributed by atoms with E-state index in [2.05, 4.69) is 15.2 Å². The standard InChI is InChI=1S/C11H18N4O2/c1-5-17-10(16)6-7-15(4)11-12-8(2)9(3)13-14-11/h5-7H2,1-4H3. The lowest BCUT2D eigenvalue weighted by atomic mass is 10.4. The van der Waals surface area contributed by atoms with Gasteiger partial charge in [0, 0.05) is 13.6 Å². The van der Waals surface area contributed by atoms with Crippen molar-refractivity contribution in [3.63, 3.8) is 0 Å². The smallest absolute Gasteiger partial charge is 0.307 e. The second-order valence-corrected chi connectivity index (χ2v) is 3.76. The summed E-state index contributed by atoms with van der Waals surface area (Å²) in [6, 6.07) is 0. The molecule has 0 aliphatic carbocycles. The van der Waals surface area contributed by atoms with E-state index in [1.54, 1.807) is 11.8 Å². The van der Waals surface area contributed by atoms with Gasteiger partial charge in [-0.3, -0.25) is 4.79 Å². The monoisotopic (exact) mass is 238 g/mol. The number of hydrogen-bond donors (Lipinski definition) is 0. The molecular weight excluding hydrogens is 220 g/mol. The van der Waals surface area contributed by atoms with Crippen LogP contribution in [0.4, 0.5) is 5.95 Å². The number of nitrogens with zero attached hydrogens (tertiary/aromatic N) is 4. The molecule has 0 spiro atoms. The maximum atomic E-state index is 11.2. The molecular formula is C11H18N4O2. The second-order valence-electron chi connectivity index (χ2n) is 3.76. The van der Waals surface area contributed by atoms with Gasteiger partial charge < -0.3 is 9.64 Å². The van der Waals surface area contributed by atoms with Crippen LogP contribution in [0.3, 0.4) is 0 Å². The van der Waals surface area contributed by atoms with Gasteiger partial charge in [0.1, 0.15) is 0 Å². The minimum atomic E-state index is -0.212. The van der Waals surface area contributed by atoms with E-state index in [1.807, 2.05) is 20.9 Å². The molecule has 0 saturated carbocycles. The highest BCUT2D eigenvalue weighted by Crippen LogP contribution is 2.06. The molecule has 0 bridgehead atoms. The number of ether oxygens (including phenoxy) is 1. The summed E-state index contributed by atoms with van der Waals surface area (Å²) in [6.45, 7) is 6.45. The van der Waals surface area contributed by atoms with E-state index >= 15 is 0 Å². The molecule has 0 atom stereocenters. The summed E-state index contributed by atoms with van der Waals surface area (Å²) in [7, 11) is 1.82. The first-order chi connectivity index (χ1) is 8.04. The maximum absolute atomic E-state index is 11.2. The van der Waals surface area contributed by atoms with Crippen LogP contribution in [0, 0.1) is 13.8 Å². The molecule has 0 aromatic carbocycles. The van der Waals surface area contributed by atoms with Crippen LogP contribution in [0.25, 0.3) is 0 Å². The van der Waals surface area contributed by atoms with Crippen LogP contribution in [-0.4, -0.2) is 41.3 Å². The fourth-order valence-electron chi connectivity index (χ4n) is 1.20. The Morgan fingerprint density at radius 2 is 2.00 bits per heavy atom. The van der Waals surface area contributed by atoms with E-state index in [0.29, 0.717) is 25.5 Å². The Morgan fingerprint density at radius 1 is 1.29 bits per heavy atom. The number of rotatable bonds is 5. The molecule has 6 heteroatoms. The molecule has 0 aliphatic rings. The van der Waals surface area contributed by atoms with E-state index in [-0.39, 0.29) is 5.97 Å². The summed E-state index contributed by atoms with van der Waals surface area (Å²) in [5.74, 6) is 0.313. The van der Waals surface area contributed by atoms with E-state index in [4.69, 9.17) is 4.74 Å². The van der Waals surface area contributed by atoms with Gasteiger partial charge in [-0.05, 0) is 20.8 Å². The molecule has 94 valence electrons. The van der Waals surface area contributed by atoms with Crippen LogP contribution in [-0.2, 0) is 9.53 Å². The van der Waals surface area contributed by atoms with E-state index in [9.17, 15) is 4.79 Å². The van der Waals surface area contributed by atoms with Crippen molar-refractivity contribution in [3.8, 4) is 0 Å².